The minimum absolute atomic E-state index is 0.174. The van der Waals surface area contributed by atoms with Gasteiger partial charge in [-0.2, -0.15) is 0 Å². The van der Waals surface area contributed by atoms with Gasteiger partial charge in [0.2, 0.25) is 0 Å². The molecule has 1 aromatic rings. The van der Waals surface area contributed by atoms with Crippen molar-refractivity contribution in [3.05, 3.63) is 28.8 Å². The topological polar surface area (TPSA) is 55.1 Å². The summed E-state index contributed by atoms with van der Waals surface area (Å²) in [6, 6.07) is 5.07. The van der Waals surface area contributed by atoms with Crippen LogP contribution in [0.5, 0.6) is 0 Å². The van der Waals surface area contributed by atoms with E-state index in [2.05, 4.69) is 26.1 Å². The van der Waals surface area contributed by atoms with Crippen molar-refractivity contribution in [2.45, 2.75) is 27.2 Å². The monoisotopic (exact) mass is 254 g/mol. The van der Waals surface area contributed by atoms with Crippen LogP contribution in [0.15, 0.2) is 18.2 Å². The van der Waals surface area contributed by atoms with Gasteiger partial charge >= 0.3 is 0 Å². The normalized spacial score (nSPS) is 11.3. The smallest absolute Gasteiger partial charge is 0.252 e. The Bertz CT molecular complexity index is 410. The number of nitrogens with two attached hydrogens (primary N) is 1. The van der Waals surface area contributed by atoms with Crippen molar-refractivity contribution in [1.29, 1.82) is 0 Å². The lowest BCUT2D eigenvalue weighted by Gasteiger charge is -2.18. The van der Waals surface area contributed by atoms with Crippen molar-refractivity contribution in [1.82, 2.24) is 5.32 Å². The quantitative estimate of drug-likeness (QED) is 0.815. The van der Waals surface area contributed by atoms with Gasteiger partial charge in [-0.05, 0) is 24.0 Å². The van der Waals surface area contributed by atoms with Crippen LogP contribution >= 0.6 is 11.6 Å². The highest BCUT2D eigenvalue weighted by Crippen LogP contribution is 2.23. The van der Waals surface area contributed by atoms with Crippen LogP contribution in [0.2, 0.25) is 5.02 Å². The van der Waals surface area contributed by atoms with Gasteiger partial charge in [0.15, 0.2) is 0 Å². The number of nitrogens with one attached hydrogen (secondary N) is 1. The van der Waals surface area contributed by atoms with Crippen LogP contribution in [-0.4, -0.2) is 12.5 Å². The SMILES string of the molecule is CC(C)(C)CCNC(=O)c1cccc(N)c1Cl. The molecule has 0 saturated heterocycles. The fourth-order valence-electron chi connectivity index (χ4n) is 1.37. The standard InChI is InChI=1S/C13H19ClN2O/c1-13(2,3)7-8-16-12(17)9-5-4-6-10(15)11(9)14/h4-6H,7-8,15H2,1-3H3,(H,16,17). The van der Waals surface area contributed by atoms with Gasteiger partial charge in [-0.25, -0.2) is 0 Å². The summed E-state index contributed by atoms with van der Waals surface area (Å²) >= 11 is 5.97. The number of hydrogen-bond acceptors (Lipinski definition) is 2. The predicted molar refractivity (Wildman–Crippen MR) is 72.3 cm³/mol. The van der Waals surface area contributed by atoms with E-state index in [-0.39, 0.29) is 11.3 Å². The number of carbonyl (C=O) groups is 1. The number of amides is 1. The van der Waals surface area contributed by atoms with Crippen LogP contribution < -0.4 is 11.1 Å². The molecule has 0 heterocycles. The number of halogens is 1. The summed E-state index contributed by atoms with van der Waals surface area (Å²) in [6.07, 6.45) is 0.915. The van der Waals surface area contributed by atoms with E-state index in [0.29, 0.717) is 22.8 Å². The molecule has 0 fully saturated rings. The second kappa shape index (κ2) is 5.41. The highest BCUT2D eigenvalue weighted by molar-refractivity contribution is 6.36. The molecule has 4 heteroatoms. The van der Waals surface area contributed by atoms with E-state index in [9.17, 15) is 4.79 Å². The highest BCUT2D eigenvalue weighted by atomic mass is 35.5. The third-order valence-electron chi connectivity index (χ3n) is 2.43. The molecule has 1 aromatic carbocycles. The first-order valence-electron chi connectivity index (χ1n) is 5.63. The number of nitrogen functional groups attached to an aromatic ring is 1. The Morgan fingerprint density at radius 3 is 2.65 bits per heavy atom. The Morgan fingerprint density at radius 1 is 1.41 bits per heavy atom. The molecule has 0 aromatic heterocycles. The van der Waals surface area contributed by atoms with Gasteiger partial charge in [0.25, 0.3) is 5.91 Å². The lowest BCUT2D eigenvalue weighted by atomic mass is 9.92. The van der Waals surface area contributed by atoms with Crippen molar-refractivity contribution >= 4 is 23.2 Å². The first kappa shape index (κ1) is 13.8. The van der Waals surface area contributed by atoms with Gasteiger partial charge in [-0.3, -0.25) is 4.79 Å². The molecule has 0 bridgehead atoms. The zero-order valence-corrected chi connectivity index (χ0v) is 11.3. The Balaban J connectivity index is 2.62. The van der Waals surface area contributed by atoms with E-state index in [0.717, 1.165) is 6.42 Å². The van der Waals surface area contributed by atoms with E-state index < -0.39 is 0 Å². The summed E-state index contributed by atoms with van der Waals surface area (Å²) < 4.78 is 0. The van der Waals surface area contributed by atoms with Crippen molar-refractivity contribution in [3.8, 4) is 0 Å². The first-order chi connectivity index (χ1) is 7.81. The van der Waals surface area contributed by atoms with Gasteiger partial charge in [-0.15, -0.1) is 0 Å². The molecule has 0 spiro atoms. The minimum Gasteiger partial charge on any atom is -0.398 e. The summed E-state index contributed by atoms with van der Waals surface area (Å²) in [5.74, 6) is -0.174. The molecular weight excluding hydrogens is 236 g/mol. The summed E-state index contributed by atoms with van der Waals surface area (Å²) in [6.45, 7) is 7.03. The van der Waals surface area contributed by atoms with Crippen LogP contribution in [0, 0.1) is 5.41 Å². The number of anilines is 1. The van der Waals surface area contributed by atoms with Crippen molar-refractivity contribution < 1.29 is 4.79 Å². The largest absolute Gasteiger partial charge is 0.398 e. The maximum atomic E-state index is 11.9. The lowest BCUT2D eigenvalue weighted by molar-refractivity contribution is 0.0949. The third kappa shape index (κ3) is 4.27. The Morgan fingerprint density at radius 2 is 2.06 bits per heavy atom. The van der Waals surface area contributed by atoms with Crippen LogP contribution in [0.3, 0.4) is 0 Å². The van der Waals surface area contributed by atoms with E-state index >= 15 is 0 Å². The molecule has 0 saturated carbocycles. The fourth-order valence-corrected chi connectivity index (χ4v) is 1.58. The molecule has 0 atom stereocenters. The highest BCUT2D eigenvalue weighted by Gasteiger charge is 2.14. The summed E-state index contributed by atoms with van der Waals surface area (Å²) in [5, 5.41) is 3.16. The van der Waals surface area contributed by atoms with Gasteiger partial charge in [0, 0.05) is 6.54 Å². The average molecular weight is 255 g/mol. The molecule has 0 aliphatic carbocycles. The average Bonchev–Trinajstić information content (AvgIpc) is 2.20. The molecule has 0 unspecified atom stereocenters. The number of hydrogen-bond donors (Lipinski definition) is 2. The zero-order chi connectivity index (χ0) is 13.1. The summed E-state index contributed by atoms with van der Waals surface area (Å²) in [7, 11) is 0. The molecular formula is C13H19ClN2O. The number of carbonyl (C=O) groups excluding carboxylic acids is 1. The van der Waals surface area contributed by atoms with Crippen molar-refractivity contribution in [2.75, 3.05) is 12.3 Å². The lowest BCUT2D eigenvalue weighted by Crippen LogP contribution is -2.27. The number of benzene rings is 1. The molecule has 0 aliphatic rings. The van der Waals surface area contributed by atoms with E-state index in [1.54, 1.807) is 18.2 Å². The molecule has 3 N–H and O–H groups in total. The van der Waals surface area contributed by atoms with E-state index in [1.165, 1.54) is 0 Å². The Kier molecular flexibility index (Phi) is 4.40. The first-order valence-corrected chi connectivity index (χ1v) is 6.01. The summed E-state index contributed by atoms with van der Waals surface area (Å²) in [5.41, 5.74) is 6.70. The molecule has 3 nitrogen and oxygen atoms in total. The molecule has 17 heavy (non-hydrogen) atoms. The minimum atomic E-state index is -0.174. The van der Waals surface area contributed by atoms with Crippen LogP contribution in [0.4, 0.5) is 5.69 Å². The predicted octanol–water partition coefficient (Wildman–Crippen LogP) is 3.09. The van der Waals surface area contributed by atoms with E-state index in [1.807, 2.05) is 0 Å². The molecule has 94 valence electrons. The van der Waals surface area contributed by atoms with Crippen molar-refractivity contribution in [3.63, 3.8) is 0 Å². The summed E-state index contributed by atoms with van der Waals surface area (Å²) in [4.78, 5) is 11.9. The third-order valence-corrected chi connectivity index (χ3v) is 2.86. The Hall–Kier alpha value is -1.22. The Labute approximate surface area is 107 Å². The van der Waals surface area contributed by atoms with Gasteiger partial charge in [-0.1, -0.05) is 38.4 Å². The maximum Gasteiger partial charge on any atom is 0.252 e. The molecule has 0 radical (unpaired) electrons. The molecule has 1 rings (SSSR count). The van der Waals surface area contributed by atoms with E-state index in [4.69, 9.17) is 17.3 Å². The fraction of sp³-hybridized carbons (Fsp3) is 0.462. The van der Waals surface area contributed by atoms with Crippen LogP contribution in [-0.2, 0) is 0 Å². The van der Waals surface area contributed by atoms with Gasteiger partial charge < -0.3 is 11.1 Å². The van der Waals surface area contributed by atoms with Gasteiger partial charge in [0.1, 0.15) is 0 Å². The zero-order valence-electron chi connectivity index (χ0n) is 10.5. The second-order valence-corrected chi connectivity index (χ2v) is 5.65. The van der Waals surface area contributed by atoms with Gasteiger partial charge in [0.05, 0.1) is 16.3 Å². The van der Waals surface area contributed by atoms with Crippen LogP contribution in [0.1, 0.15) is 37.6 Å². The molecule has 1 amide bonds. The van der Waals surface area contributed by atoms with Crippen molar-refractivity contribution in [2.24, 2.45) is 5.41 Å². The number of rotatable bonds is 3. The second-order valence-electron chi connectivity index (χ2n) is 5.28. The van der Waals surface area contributed by atoms with Crippen LogP contribution in [0.25, 0.3) is 0 Å². The maximum absolute atomic E-state index is 11.9. The molecule has 0 aliphatic heterocycles.